The molecule has 0 amide bonds. The fourth-order valence-corrected chi connectivity index (χ4v) is 0.803. The van der Waals surface area contributed by atoms with Gasteiger partial charge >= 0.3 is 5.97 Å². The third-order valence-electron chi connectivity index (χ3n) is 1.61. The van der Waals surface area contributed by atoms with Crippen LogP contribution in [0.3, 0.4) is 0 Å². The summed E-state index contributed by atoms with van der Waals surface area (Å²) in [5.41, 5.74) is -1.06. The van der Waals surface area contributed by atoms with Crippen LogP contribution < -0.4 is 0 Å². The second kappa shape index (κ2) is 4.02. The van der Waals surface area contributed by atoms with Crippen molar-refractivity contribution in [3.05, 3.63) is 22.3 Å². The van der Waals surface area contributed by atoms with Gasteiger partial charge in [-0.15, -0.1) is 0 Å². The molecule has 0 aromatic carbocycles. The Morgan fingerprint density at radius 1 is 1.62 bits per heavy atom. The van der Waals surface area contributed by atoms with Crippen molar-refractivity contribution >= 4 is 5.97 Å². The van der Waals surface area contributed by atoms with Gasteiger partial charge in [-0.1, -0.05) is 6.58 Å². The molecule has 0 aliphatic rings. The highest BCUT2D eigenvalue weighted by molar-refractivity contribution is 5.87. The van der Waals surface area contributed by atoms with Crippen molar-refractivity contribution in [1.82, 2.24) is 0 Å². The van der Waals surface area contributed by atoms with Crippen LogP contribution in [0, 0.1) is 10.1 Å². The number of esters is 1. The molecule has 0 spiro atoms. The molecule has 0 radical (unpaired) electrons. The zero-order valence-corrected chi connectivity index (χ0v) is 7.99. The second-order valence-corrected chi connectivity index (χ2v) is 3.34. The van der Waals surface area contributed by atoms with E-state index in [2.05, 4.69) is 11.3 Å². The van der Waals surface area contributed by atoms with Gasteiger partial charge in [0, 0.05) is 30.8 Å². The number of hydrogen-bond donors (Lipinski definition) is 0. The third kappa shape index (κ3) is 3.23. The summed E-state index contributed by atoms with van der Waals surface area (Å²) in [6.45, 7) is 6.28. The number of nitro groups is 1. The Kier molecular flexibility index (Phi) is 3.59. The standard InChI is InChI=1S/C8H13NO4/c1-6(7(10)13-4)5-8(2,3)9(11)12/h1,5H2,2-4H3. The number of carbonyl (C=O) groups excluding carboxylic acids is 1. The smallest absolute Gasteiger partial charge is 0.333 e. The predicted octanol–water partition coefficient (Wildman–Crippen LogP) is 1.16. The maximum Gasteiger partial charge on any atom is 0.333 e. The van der Waals surface area contributed by atoms with Crippen molar-refractivity contribution in [2.45, 2.75) is 25.8 Å². The fourth-order valence-electron chi connectivity index (χ4n) is 0.803. The van der Waals surface area contributed by atoms with Gasteiger partial charge < -0.3 is 4.74 Å². The van der Waals surface area contributed by atoms with Crippen LogP contribution in [0.1, 0.15) is 20.3 Å². The molecule has 0 unspecified atom stereocenters. The molecule has 0 aliphatic heterocycles. The minimum Gasteiger partial charge on any atom is -0.466 e. The molecule has 74 valence electrons. The molecule has 0 saturated carbocycles. The number of nitrogens with zero attached hydrogens (tertiary/aromatic N) is 1. The summed E-state index contributed by atoms with van der Waals surface area (Å²) in [5.74, 6) is -0.602. The van der Waals surface area contributed by atoms with Gasteiger partial charge in [0.05, 0.1) is 7.11 Å². The molecule has 0 heterocycles. The largest absolute Gasteiger partial charge is 0.466 e. The summed E-state index contributed by atoms with van der Waals surface area (Å²) in [6.07, 6.45) is -0.00727. The molecule has 5 nitrogen and oxygen atoms in total. The first-order valence-electron chi connectivity index (χ1n) is 3.72. The monoisotopic (exact) mass is 187 g/mol. The van der Waals surface area contributed by atoms with Crippen molar-refractivity contribution in [2.75, 3.05) is 7.11 Å². The summed E-state index contributed by atoms with van der Waals surface area (Å²) in [7, 11) is 1.21. The van der Waals surface area contributed by atoms with Crippen molar-refractivity contribution in [3.8, 4) is 0 Å². The van der Waals surface area contributed by atoms with E-state index in [1.165, 1.54) is 21.0 Å². The topological polar surface area (TPSA) is 69.4 Å². The van der Waals surface area contributed by atoms with Crippen LogP contribution in [-0.4, -0.2) is 23.5 Å². The Morgan fingerprint density at radius 2 is 2.08 bits per heavy atom. The van der Waals surface area contributed by atoms with E-state index in [0.29, 0.717) is 0 Å². The predicted molar refractivity (Wildman–Crippen MR) is 46.8 cm³/mol. The first kappa shape index (κ1) is 11.6. The lowest BCUT2D eigenvalue weighted by Gasteiger charge is -2.15. The lowest BCUT2D eigenvalue weighted by Crippen LogP contribution is -2.32. The first-order valence-corrected chi connectivity index (χ1v) is 3.72. The van der Waals surface area contributed by atoms with E-state index in [0.717, 1.165) is 0 Å². The Hall–Kier alpha value is -1.39. The summed E-state index contributed by atoms with van der Waals surface area (Å²) < 4.78 is 4.38. The minimum absolute atomic E-state index is 0.00727. The zero-order chi connectivity index (χ0) is 10.6. The van der Waals surface area contributed by atoms with Gasteiger partial charge in [0.2, 0.25) is 5.54 Å². The number of ether oxygens (including phenoxy) is 1. The maximum absolute atomic E-state index is 10.9. The van der Waals surface area contributed by atoms with Crippen LogP contribution in [0.4, 0.5) is 0 Å². The van der Waals surface area contributed by atoms with Gasteiger partial charge in [-0.3, -0.25) is 10.1 Å². The van der Waals surface area contributed by atoms with Crippen molar-refractivity contribution in [2.24, 2.45) is 0 Å². The maximum atomic E-state index is 10.9. The third-order valence-corrected chi connectivity index (χ3v) is 1.61. The van der Waals surface area contributed by atoms with Gasteiger partial charge in [0.25, 0.3) is 0 Å². The van der Waals surface area contributed by atoms with E-state index in [1.807, 2.05) is 0 Å². The lowest BCUT2D eigenvalue weighted by molar-refractivity contribution is -0.559. The average Bonchev–Trinajstić information content (AvgIpc) is 2.01. The van der Waals surface area contributed by atoms with Gasteiger partial charge in [0.15, 0.2) is 0 Å². The Morgan fingerprint density at radius 3 is 2.38 bits per heavy atom. The quantitative estimate of drug-likeness (QED) is 0.286. The number of methoxy groups -OCH3 is 1. The molecule has 5 heteroatoms. The van der Waals surface area contributed by atoms with Crippen molar-refractivity contribution < 1.29 is 14.5 Å². The number of carbonyl (C=O) groups is 1. The summed E-state index contributed by atoms with van der Waals surface area (Å²) in [4.78, 5) is 20.9. The number of hydrogen-bond acceptors (Lipinski definition) is 4. The second-order valence-electron chi connectivity index (χ2n) is 3.34. The fraction of sp³-hybridized carbons (Fsp3) is 0.625. The SMILES string of the molecule is C=C(CC(C)(C)[N+](=O)[O-])C(=O)OC. The molecule has 0 rings (SSSR count). The highest BCUT2D eigenvalue weighted by Crippen LogP contribution is 2.18. The summed E-state index contributed by atoms with van der Waals surface area (Å²) in [6, 6.07) is 0. The molecular weight excluding hydrogens is 174 g/mol. The highest BCUT2D eigenvalue weighted by atomic mass is 16.6. The van der Waals surface area contributed by atoms with E-state index >= 15 is 0 Å². The van der Waals surface area contributed by atoms with Crippen LogP contribution in [0.15, 0.2) is 12.2 Å². The Bertz CT molecular complexity index is 245. The van der Waals surface area contributed by atoms with Crippen molar-refractivity contribution in [3.63, 3.8) is 0 Å². The van der Waals surface area contributed by atoms with E-state index in [1.54, 1.807) is 0 Å². The Labute approximate surface area is 76.5 Å². The van der Waals surface area contributed by atoms with Gasteiger partial charge in [-0.25, -0.2) is 4.79 Å². The van der Waals surface area contributed by atoms with Crippen LogP contribution in [-0.2, 0) is 9.53 Å². The molecule has 0 atom stereocenters. The van der Waals surface area contributed by atoms with E-state index in [4.69, 9.17) is 0 Å². The lowest BCUT2D eigenvalue weighted by atomic mass is 9.97. The zero-order valence-electron chi connectivity index (χ0n) is 7.99. The van der Waals surface area contributed by atoms with E-state index < -0.39 is 16.4 Å². The van der Waals surface area contributed by atoms with Crippen LogP contribution >= 0.6 is 0 Å². The molecule has 13 heavy (non-hydrogen) atoms. The molecule has 0 saturated heterocycles. The van der Waals surface area contributed by atoms with Crippen LogP contribution in [0.5, 0.6) is 0 Å². The molecule has 0 aliphatic carbocycles. The van der Waals surface area contributed by atoms with E-state index in [9.17, 15) is 14.9 Å². The molecular formula is C8H13NO4. The van der Waals surface area contributed by atoms with Crippen molar-refractivity contribution in [1.29, 1.82) is 0 Å². The van der Waals surface area contributed by atoms with Gasteiger partial charge in [-0.2, -0.15) is 0 Å². The molecule has 0 aromatic rings. The Balaban J connectivity index is 4.37. The minimum atomic E-state index is -1.18. The summed E-state index contributed by atoms with van der Waals surface area (Å²) in [5, 5.41) is 10.5. The van der Waals surface area contributed by atoms with Crippen LogP contribution in [0.25, 0.3) is 0 Å². The summed E-state index contributed by atoms with van der Waals surface area (Å²) >= 11 is 0. The van der Waals surface area contributed by atoms with E-state index in [-0.39, 0.29) is 12.0 Å². The first-order chi connectivity index (χ1) is 5.81. The average molecular weight is 187 g/mol. The number of rotatable bonds is 4. The molecule has 0 fully saturated rings. The molecule has 0 N–H and O–H groups in total. The molecule has 0 bridgehead atoms. The van der Waals surface area contributed by atoms with Crippen LogP contribution in [0.2, 0.25) is 0 Å². The van der Waals surface area contributed by atoms with Gasteiger partial charge in [0.1, 0.15) is 0 Å². The highest BCUT2D eigenvalue weighted by Gasteiger charge is 2.33. The van der Waals surface area contributed by atoms with Gasteiger partial charge in [-0.05, 0) is 0 Å². The normalized spacial score (nSPS) is 10.7. The molecule has 0 aromatic heterocycles.